The van der Waals surface area contributed by atoms with E-state index < -0.39 is 0 Å². The zero-order chi connectivity index (χ0) is 20.4. The monoisotopic (exact) mass is 393 g/mol. The highest BCUT2D eigenvalue weighted by Crippen LogP contribution is 2.36. The molecule has 0 aliphatic carbocycles. The van der Waals surface area contributed by atoms with Crippen molar-refractivity contribution in [2.45, 2.75) is 38.5 Å². The van der Waals surface area contributed by atoms with Gasteiger partial charge in [0.2, 0.25) is 11.8 Å². The zero-order valence-electron chi connectivity index (χ0n) is 16.9. The SMILES string of the molecule is COc1ccc(C2C(C(=O)NCc3ccc4c(c3)CNC4)CCC(=O)N2C)cc1. The molecule has 2 unspecified atom stereocenters. The van der Waals surface area contributed by atoms with Crippen molar-refractivity contribution in [2.75, 3.05) is 14.2 Å². The van der Waals surface area contributed by atoms with Gasteiger partial charge in [-0.3, -0.25) is 9.59 Å². The van der Waals surface area contributed by atoms with E-state index in [0.29, 0.717) is 19.4 Å². The number of amides is 2. The number of carbonyl (C=O) groups excluding carboxylic acids is 2. The number of carbonyl (C=O) groups is 2. The van der Waals surface area contributed by atoms with Crippen LogP contribution in [0.15, 0.2) is 42.5 Å². The molecule has 2 aromatic carbocycles. The second-order valence-electron chi connectivity index (χ2n) is 7.79. The van der Waals surface area contributed by atoms with Crippen molar-refractivity contribution in [3.63, 3.8) is 0 Å². The average Bonchev–Trinajstić information content (AvgIpc) is 3.22. The third-order valence-corrected chi connectivity index (χ3v) is 6.02. The number of rotatable bonds is 5. The third kappa shape index (κ3) is 3.98. The predicted octanol–water partition coefficient (Wildman–Crippen LogP) is 2.52. The van der Waals surface area contributed by atoms with E-state index in [2.05, 4.69) is 28.8 Å². The van der Waals surface area contributed by atoms with Gasteiger partial charge < -0.3 is 20.3 Å². The third-order valence-electron chi connectivity index (χ3n) is 6.02. The van der Waals surface area contributed by atoms with Gasteiger partial charge >= 0.3 is 0 Å². The Hall–Kier alpha value is -2.86. The highest BCUT2D eigenvalue weighted by Gasteiger charge is 2.38. The molecular weight excluding hydrogens is 366 g/mol. The molecule has 6 nitrogen and oxygen atoms in total. The maximum absolute atomic E-state index is 13.1. The van der Waals surface area contributed by atoms with E-state index in [-0.39, 0.29) is 23.8 Å². The van der Waals surface area contributed by atoms with Crippen LogP contribution in [0.2, 0.25) is 0 Å². The maximum atomic E-state index is 13.1. The second kappa shape index (κ2) is 8.25. The van der Waals surface area contributed by atoms with Crippen LogP contribution in [0.5, 0.6) is 5.75 Å². The minimum absolute atomic E-state index is 0.0104. The Labute approximate surface area is 171 Å². The van der Waals surface area contributed by atoms with Crippen LogP contribution in [0.25, 0.3) is 0 Å². The summed E-state index contributed by atoms with van der Waals surface area (Å²) in [5.41, 5.74) is 4.68. The van der Waals surface area contributed by atoms with Crippen LogP contribution in [0.4, 0.5) is 0 Å². The van der Waals surface area contributed by atoms with Crippen LogP contribution in [0.3, 0.4) is 0 Å². The van der Waals surface area contributed by atoms with Gasteiger partial charge in [-0.25, -0.2) is 0 Å². The fourth-order valence-electron chi connectivity index (χ4n) is 4.35. The Bertz CT molecular complexity index is 910. The summed E-state index contributed by atoms with van der Waals surface area (Å²) < 4.78 is 5.23. The molecule has 2 aliphatic rings. The molecule has 0 spiro atoms. The normalized spacial score (nSPS) is 21.0. The number of nitrogens with zero attached hydrogens (tertiary/aromatic N) is 1. The molecule has 0 aromatic heterocycles. The number of hydrogen-bond acceptors (Lipinski definition) is 4. The summed E-state index contributed by atoms with van der Waals surface area (Å²) in [5.74, 6) is 0.539. The first kappa shape index (κ1) is 19.5. The van der Waals surface area contributed by atoms with E-state index in [4.69, 9.17) is 4.74 Å². The minimum Gasteiger partial charge on any atom is -0.497 e. The lowest BCUT2D eigenvalue weighted by Gasteiger charge is -2.38. The standard InChI is InChI=1S/C23H27N3O3/c1-26-21(27)10-9-20(22(26)16-5-7-19(29-2)8-6-16)23(28)25-12-15-3-4-17-13-24-14-18(17)11-15/h3-8,11,20,22,24H,9-10,12-14H2,1-2H3,(H,25,28). The second-order valence-corrected chi connectivity index (χ2v) is 7.79. The van der Waals surface area contributed by atoms with Gasteiger partial charge in [-0.15, -0.1) is 0 Å². The number of fused-ring (bicyclic) bond motifs is 1. The number of ether oxygens (including phenoxy) is 1. The van der Waals surface area contributed by atoms with Crippen LogP contribution in [-0.2, 0) is 29.2 Å². The van der Waals surface area contributed by atoms with Crippen LogP contribution in [-0.4, -0.2) is 30.9 Å². The van der Waals surface area contributed by atoms with E-state index in [1.165, 1.54) is 11.1 Å². The van der Waals surface area contributed by atoms with Crippen molar-refractivity contribution < 1.29 is 14.3 Å². The number of methoxy groups -OCH3 is 1. The van der Waals surface area contributed by atoms with Gasteiger partial charge in [-0.2, -0.15) is 0 Å². The molecule has 1 saturated heterocycles. The van der Waals surface area contributed by atoms with E-state index in [0.717, 1.165) is 30.0 Å². The highest BCUT2D eigenvalue weighted by atomic mass is 16.5. The van der Waals surface area contributed by atoms with Crippen LogP contribution < -0.4 is 15.4 Å². The van der Waals surface area contributed by atoms with E-state index in [1.807, 2.05) is 24.3 Å². The zero-order valence-corrected chi connectivity index (χ0v) is 16.9. The molecule has 6 heteroatoms. The van der Waals surface area contributed by atoms with Crippen molar-refractivity contribution in [1.82, 2.24) is 15.5 Å². The summed E-state index contributed by atoms with van der Waals surface area (Å²) in [6, 6.07) is 13.7. The fourth-order valence-corrected chi connectivity index (χ4v) is 4.35. The Kier molecular flexibility index (Phi) is 5.53. The van der Waals surface area contributed by atoms with Crippen molar-refractivity contribution in [3.05, 3.63) is 64.7 Å². The first-order valence-electron chi connectivity index (χ1n) is 10.1. The first-order chi connectivity index (χ1) is 14.1. The summed E-state index contributed by atoms with van der Waals surface area (Å²) in [7, 11) is 3.40. The molecule has 2 heterocycles. The molecule has 29 heavy (non-hydrogen) atoms. The van der Waals surface area contributed by atoms with E-state index in [9.17, 15) is 9.59 Å². The maximum Gasteiger partial charge on any atom is 0.225 e. The van der Waals surface area contributed by atoms with Gasteiger partial charge in [0.1, 0.15) is 5.75 Å². The summed E-state index contributed by atoms with van der Waals surface area (Å²) in [5, 5.41) is 6.43. The van der Waals surface area contributed by atoms with Crippen molar-refractivity contribution in [1.29, 1.82) is 0 Å². The van der Waals surface area contributed by atoms with Gasteiger partial charge in [-0.05, 0) is 40.8 Å². The van der Waals surface area contributed by atoms with Gasteiger partial charge in [0.15, 0.2) is 0 Å². The summed E-state index contributed by atoms with van der Waals surface area (Å²) in [4.78, 5) is 27.1. The Morgan fingerprint density at radius 2 is 1.93 bits per heavy atom. The van der Waals surface area contributed by atoms with Gasteiger partial charge in [0.05, 0.1) is 19.1 Å². The lowest BCUT2D eigenvalue weighted by Crippen LogP contribution is -2.46. The molecule has 0 radical (unpaired) electrons. The molecule has 1 fully saturated rings. The molecule has 2 atom stereocenters. The average molecular weight is 393 g/mol. The minimum atomic E-state index is -0.276. The Morgan fingerprint density at radius 3 is 2.69 bits per heavy atom. The molecule has 0 bridgehead atoms. The molecule has 0 saturated carbocycles. The lowest BCUT2D eigenvalue weighted by atomic mass is 9.84. The van der Waals surface area contributed by atoms with Crippen molar-refractivity contribution in [2.24, 2.45) is 5.92 Å². The van der Waals surface area contributed by atoms with Crippen LogP contribution in [0.1, 0.15) is 41.1 Å². The van der Waals surface area contributed by atoms with Crippen LogP contribution in [0, 0.1) is 5.92 Å². The lowest BCUT2D eigenvalue weighted by molar-refractivity contribution is -0.141. The molecular formula is C23H27N3O3. The quantitative estimate of drug-likeness (QED) is 0.819. The smallest absolute Gasteiger partial charge is 0.225 e. The number of nitrogens with one attached hydrogen (secondary N) is 2. The number of piperidine rings is 1. The molecule has 2 N–H and O–H groups in total. The van der Waals surface area contributed by atoms with E-state index >= 15 is 0 Å². The number of likely N-dealkylation sites (tertiary alicyclic amines) is 1. The predicted molar refractivity (Wildman–Crippen MR) is 110 cm³/mol. The largest absolute Gasteiger partial charge is 0.497 e. The molecule has 152 valence electrons. The topological polar surface area (TPSA) is 70.7 Å². The molecule has 4 rings (SSSR count). The Balaban J connectivity index is 1.49. The van der Waals surface area contributed by atoms with Gasteiger partial charge in [0, 0.05) is 33.1 Å². The van der Waals surface area contributed by atoms with Crippen LogP contribution >= 0.6 is 0 Å². The number of hydrogen-bond donors (Lipinski definition) is 2. The summed E-state index contributed by atoms with van der Waals surface area (Å²) >= 11 is 0. The van der Waals surface area contributed by atoms with Crippen molar-refractivity contribution in [3.8, 4) is 5.75 Å². The number of benzene rings is 2. The van der Waals surface area contributed by atoms with Gasteiger partial charge in [0.25, 0.3) is 0 Å². The fraction of sp³-hybridized carbons (Fsp3) is 0.391. The molecule has 2 amide bonds. The highest BCUT2D eigenvalue weighted by molar-refractivity contribution is 5.84. The summed E-state index contributed by atoms with van der Waals surface area (Å²) in [6.07, 6.45) is 0.950. The first-order valence-corrected chi connectivity index (χ1v) is 10.1. The molecule has 2 aliphatic heterocycles. The summed E-state index contributed by atoms with van der Waals surface area (Å²) in [6.45, 7) is 2.29. The van der Waals surface area contributed by atoms with Crippen molar-refractivity contribution >= 4 is 11.8 Å². The van der Waals surface area contributed by atoms with Gasteiger partial charge in [-0.1, -0.05) is 30.3 Å². The van der Waals surface area contributed by atoms with E-state index in [1.54, 1.807) is 19.1 Å². The molecule has 2 aromatic rings. The Morgan fingerprint density at radius 1 is 1.17 bits per heavy atom.